The molecule has 4 rings (SSSR count). The lowest BCUT2D eigenvalue weighted by Gasteiger charge is -2.09. The van der Waals surface area contributed by atoms with Gasteiger partial charge in [0, 0.05) is 28.9 Å². The molecule has 150 valence electrons. The lowest BCUT2D eigenvalue weighted by atomic mass is 10.2. The van der Waals surface area contributed by atoms with Gasteiger partial charge in [0.15, 0.2) is 0 Å². The van der Waals surface area contributed by atoms with Gasteiger partial charge in [0.1, 0.15) is 5.01 Å². The highest BCUT2D eigenvalue weighted by Gasteiger charge is 2.13. The van der Waals surface area contributed by atoms with Crippen molar-refractivity contribution in [2.45, 2.75) is 6.54 Å². The number of hydrogen-bond acceptors (Lipinski definition) is 6. The van der Waals surface area contributed by atoms with Crippen molar-refractivity contribution >= 4 is 51.8 Å². The maximum absolute atomic E-state index is 12.6. The van der Waals surface area contributed by atoms with Gasteiger partial charge in [-0.05, 0) is 41.8 Å². The molecule has 0 spiro atoms. The van der Waals surface area contributed by atoms with Crippen LogP contribution in [0.25, 0.3) is 11.3 Å². The van der Waals surface area contributed by atoms with E-state index in [4.69, 9.17) is 11.6 Å². The van der Waals surface area contributed by atoms with Crippen LogP contribution < -0.4 is 10.6 Å². The van der Waals surface area contributed by atoms with Gasteiger partial charge < -0.3 is 10.6 Å². The van der Waals surface area contributed by atoms with E-state index in [1.807, 2.05) is 22.9 Å². The first-order valence-electron chi connectivity index (χ1n) is 8.87. The second kappa shape index (κ2) is 9.17. The number of carbonyl (C=O) groups is 2. The predicted molar refractivity (Wildman–Crippen MR) is 120 cm³/mol. The van der Waals surface area contributed by atoms with Gasteiger partial charge >= 0.3 is 0 Å². The van der Waals surface area contributed by atoms with E-state index in [2.05, 4.69) is 20.6 Å². The summed E-state index contributed by atoms with van der Waals surface area (Å²) in [7, 11) is 0. The SMILES string of the molecule is O=C(NCc1nc(-c2ccncc2)cs1)c1ccc(Cl)c(NC(=O)c2cccs2)c1. The average Bonchev–Trinajstić information content (AvgIpc) is 3.46. The molecule has 1 aromatic carbocycles. The second-order valence-electron chi connectivity index (χ2n) is 6.17. The number of thiophene rings is 1. The van der Waals surface area contributed by atoms with Crippen molar-refractivity contribution in [3.63, 3.8) is 0 Å². The van der Waals surface area contributed by atoms with Gasteiger partial charge in [0.2, 0.25) is 0 Å². The Hall–Kier alpha value is -3.07. The van der Waals surface area contributed by atoms with E-state index in [9.17, 15) is 9.59 Å². The highest BCUT2D eigenvalue weighted by atomic mass is 35.5. The predicted octanol–water partition coefficient (Wildman–Crippen LogP) is 5.10. The van der Waals surface area contributed by atoms with Crippen LogP contribution in [0.2, 0.25) is 5.02 Å². The largest absolute Gasteiger partial charge is 0.346 e. The standard InChI is InChI=1S/C21H15ClN4O2S2/c22-15-4-3-14(10-16(15)26-21(28)18-2-1-9-29-18)20(27)24-11-19-25-17(12-30-19)13-5-7-23-8-6-13/h1-10,12H,11H2,(H,24,27)(H,26,28). The third-order valence-electron chi connectivity index (χ3n) is 4.15. The molecule has 0 saturated carbocycles. The van der Waals surface area contributed by atoms with Crippen molar-refractivity contribution in [3.05, 3.63) is 86.1 Å². The maximum atomic E-state index is 12.6. The van der Waals surface area contributed by atoms with E-state index in [0.29, 0.717) is 27.7 Å². The Morgan fingerprint density at radius 3 is 2.63 bits per heavy atom. The lowest BCUT2D eigenvalue weighted by Crippen LogP contribution is -2.23. The molecule has 3 heterocycles. The molecule has 0 atom stereocenters. The zero-order valence-corrected chi connectivity index (χ0v) is 17.9. The minimum atomic E-state index is -0.279. The van der Waals surface area contributed by atoms with E-state index in [0.717, 1.165) is 16.3 Å². The van der Waals surface area contributed by atoms with E-state index in [1.165, 1.54) is 22.7 Å². The molecule has 0 saturated heterocycles. The summed E-state index contributed by atoms with van der Waals surface area (Å²) in [6.45, 7) is 0.300. The molecule has 2 amide bonds. The normalized spacial score (nSPS) is 10.6. The Bertz CT molecular complexity index is 1180. The minimum Gasteiger partial charge on any atom is -0.346 e. The maximum Gasteiger partial charge on any atom is 0.265 e. The van der Waals surface area contributed by atoms with Gasteiger partial charge in [0.25, 0.3) is 11.8 Å². The summed E-state index contributed by atoms with van der Waals surface area (Å²) in [6, 6.07) is 12.1. The van der Waals surface area contributed by atoms with Crippen molar-refractivity contribution in [1.82, 2.24) is 15.3 Å². The molecule has 0 fully saturated rings. The number of hydrogen-bond donors (Lipinski definition) is 2. The van der Waals surface area contributed by atoms with Crippen molar-refractivity contribution in [2.75, 3.05) is 5.32 Å². The summed E-state index contributed by atoms with van der Waals surface area (Å²) in [4.78, 5) is 34.0. The van der Waals surface area contributed by atoms with Crippen LogP contribution in [0.15, 0.2) is 65.6 Å². The Labute approximate surface area is 185 Å². The summed E-state index contributed by atoms with van der Waals surface area (Å²) in [5.41, 5.74) is 2.60. The fourth-order valence-corrected chi connectivity index (χ4v) is 4.19. The molecule has 0 bridgehead atoms. The van der Waals surface area contributed by atoms with Crippen LogP contribution in [0.1, 0.15) is 25.0 Å². The summed E-state index contributed by atoms with van der Waals surface area (Å²) in [5, 5.41) is 10.5. The molecule has 0 unspecified atom stereocenters. The van der Waals surface area contributed by atoms with Crippen molar-refractivity contribution in [3.8, 4) is 11.3 Å². The molecule has 4 aromatic rings. The number of aromatic nitrogens is 2. The molecule has 3 aromatic heterocycles. The number of nitrogens with zero attached hydrogens (tertiary/aromatic N) is 2. The number of halogens is 1. The molecule has 0 radical (unpaired) electrons. The molecule has 9 heteroatoms. The Kier molecular flexibility index (Phi) is 6.18. The van der Waals surface area contributed by atoms with E-state index < -0.39 is 0 Å². The van der Waals surface area contributed by atoms with Crippen molar-refractivity contribution < 1.29 is 9.59 Å². The molecule has 2 N–H and O–H groups in total. The molecular formula is C21H15ClN4O2S2. The fourth-order valence-electron chi connectivity index (χ4n) is 2.66. The number of anilines is 1. The number of rotatable bonds is 6. The van der Waals surface area contributed by atoms with E-state index in [-0.39, 0.29) is 11.8 Å². The minimum absolute atomic E-state index is 0.268. The third-order valence-corrected chi connectivity index (χ3v) is 6.20. The average molecular weight is 455 g/mol. The zero-order valence-electron chi connectivity index (χ0n) is 15.5. The quantitative estimate of drug-likeness (QED) is 0.424. The van der Waals surface area contributed by atoms with Crippen LogP contribution in [0.4, 0.5) is 5.69 Å². The molecular weight excluding hydrogens is 440 g/mol. The van der Waals surface area contributed by atoms with Gasteiger partial charge in [-0.3, -0.25) is 14.6 Å². The number of benzene rings is 1. The highest BCUT2D eigenvalue weighted by Crippen LogP contribution is 2.25. The summed E-state index contributed by atoms with van der Waals surface area (Å²) < 4.78 is 0. The van der Waals surface area contributed by atoms with E-state index in [1.54, 1.807) is 42.7 Å². The zero-order chi connectivity index (χ0) is 20.9. The number of pyridine rings is 1. The smallest absolute Gasteiger partial charge is 0.265 e. The van der Waals surface area contributed by atoms with Crippen molar-refractivity contribution in [1.29, 1.82) is 0 Å². The fraction of sp³-hybridized carbons (Fsp3) is 0.0476. The van der Waals surface area contributed by atoms with Crippen LogP contribution in [0, 0.1) is 0 Å². The number of thiazole rings is 1. The lowest BCUT2D eigenvalue weighted by molar-refractivity contribution is 0.0949. The third kappa shape index (κ3) is 4.73. The monoisotopic (exact) mass is 454 g/mol. The first-order chi connectivity index (χ1) is 14.6. The molecule has 0 aliphatic rings. The molecule has 30 heavy (non-hydrogen) atoms. The van der Waals surface area contributed by atoms with Gasteiger partial charge in [-0.2, -0.15) is 0 Å². The first kappa shape index (κ1) is 20.2. The summed E-state index contributed by atoms with van der Waals surface area (Å²) in [5.74, 6) is -0.546. The van der Waals surface area contributed by atoms with Gasteiger partial charge in [-0.25, -0.2) is 4.98 Å². The second-order valence-corrected chi connectivity index (χ2v) is 8.47. The van der Waals surface area contributed by atoms with Gasteiger partial charge in [0.05, 0.1) is 27.8 Å². The van der Waals surface area contributed by atoms with Crippen LogP contribution >= 0.6 is 34.3 Å². The highest BCUT2D eigenvalue weighted by molar-refractivity contribution is 7.12. The van der Waals surface area contributed by atoms with Crippen LogP contribution in [-0.2, 0) is 6.54 Å². The van der Waals surface area contributed by atoms with E-state index >= 15 is 0 Å². The number of carbonyl (C=O) groups excluding carboxylic acids is 2. The van der Waals surface area contributed by atoms with Crippen LogP contribution in [0.5, 0.6) is 0 Å². The Morgan fingerprint density at radius 1 is 1.03 bits per heavy atom. The van der Waals surface area contributed by atoms with Crippen molar-refractivity contribution in [2.24, 2.45) is 0 Å². The molecule has 0 aliphatic carbocycles. The molecule has 0 aliphatic heterocycles. The summed E-state index contributed by atoms with van der Waals surface area (Å²) >= 11 is 8.98. The van der Waals surface area contributed by atoms with Crippen LogP contribution in [0.3, 0.4) is 0 Å². The summed E-state index contributed by atoms with van der Waals surface area (Å²) in [6.07, 6.45) is 3.43. The Balaban J connectivity index is 1.41. The van der Waals surface area contributed by atoms with Gasteiger partial charge in [-0.15, -0.1) is 22.7 Å². The van der Waals surface area contributed by atoms with Gasteiger partial charge in [-0.1, -0.05) is 17.7 Å². The topological polar surface area (TPSA) is 84.0 Å². The number of amides is 2. The number of nitrogens with one attached hydrogen (secondary N) is 2. The first-order valence-corrected chi connectivity index (χ1v) is 11.0. The Morgan fingerprint density at radius 2 is 1.87 bits per heavy atom. The van der Waals surface area contributed by atoms with Crippen LogP contribution in [-0.4, -0.2) is 21.8 Å². The molecule has 6 nitrogen and oxygen atoms in total.